The van der Waals surface area contributed by atoms with E-state index in [1.807, 2.05) is 13.8 Å². The summed E-state index contributed by atoms with van der Waals surface area (Å²) < 4.78 is 58.4. The average Bonchev–Trinajstić information content (AvgIpc) is 3.17. The molecule has 1 aliphatic carbocycles. The molecule has 1 aliphatic rings. The molecule has 1 aromatic heterocycles. The first kappa shape index (κ1) is 26.1. The Morgan fingerprint density at radius 1 is 1.29 bits per heavy atom. The monoisotopic (exact) mass is 487 g/mol. The van der Waals surface area contributed by atoms with Gasteiger partial charge in [-0.3, -0.25) is 4.79 Å². The Morgan fingerprint density at radius 2 is 2.03 bits per heavy atom. The van der Waals surface area contributed by atoms with Crippen LogP contribution < -0.4 is 10.6 Å². The first-order valence-corrected chi connectivity index (χ1v) is 11.2. The van der Waals surface area contributed by atoms with Gasteiger partial charge in [-0.1, -0.05) is 25.1 Å². The number of amides is 1. The van der Waals surface area contributed by atoms with Crippen molar-refractivity contribution in [1.82, 2.24) is 15.8 Å². The first-order chi connectivity index (χ1) is 16.0. The molecular weight excluding hydrogens is 458 g/mol. The predicted molar refractivity (Wildman–Crippen MR) is 115 cm³/mol. The number of benzene rings is 1. The maximum atomic E-state index is 14.2. The molecule has 7 nitrogen and oxygen atoms in total. The molecule has 0 radical (unpaired) electrons. The van der Waals surface area contributed by atoms with Crippen molar-refractivity contribution in [3.8, 4) is 11.3 Å². The van der Waals surface area contributed by atoms with Crippen LogP contribution in [0, 0.1) is 11.7 Å². The zero-order chi connectivity index (χ0) is 25.0. The van der Waals surface area contributed by atoms with Crippen LogP contribution in [0.15, 0.2) is 22.7 Å². The van der Waals surface area contributed by atoms with Crippen LogP contribution in [0.2, 0.25) is 0 Å². The number of hydrogen-bond donors (Lipinski definition) is 4. The molecule has 3 unspecified atom stereocenters. The highest BCUT2D eigenvalue weighted by molar-refractivity contribution is 5.95. The average molecular weight is 487 g/mol. The van der Waals surface area contributed by atoms with Gasteiger partial charge in [-0.25, -0.2) is 4.39 Å². The number of aliphatic hydroxyl groups excluding tert-OH is 2. The number of hydrogen-bond acceptors (Lipinski definition) is 6. The highest BCUT2D eigenvalue weighted by Gasteiger charge is 2.35. The van der Waals surface area contributed by atoms with Crippen molar-refractivity contribution in [2.24, 2.45) is 5.92 Å². The van der Waals surface area contributed by atoms with Gasteiger partial charge in [-0.2, -0.15) is 13.2 Å². The normalized spacial score (nSPS) is 19.9. The van der Waals surface area contributed by atoms with Crippen molar-refractivity contribution in [3.63, 3.8) is 0 Å². The molecule has 0 bridgehead atoms. The largest absolute Gasteiger partial charge is 0.419 e. The molecule has 1 amide bonds. The fourth-order valence-electron chi connectivity index (χ4n) is 4.06. The van der Waals surface area contributed by atoms with Crippen molar-refractivity contribution in [1.29, 1.82) is 0 Å². The van der Waals surface area contributed by atoms with Crippen LogP contribution in [0.5, 0.6) is 0 Å². The fourth-order valence-corrected chi connectivity index (χ4v) is 4.06. The third-order valence-electron chi connectivity index (χ3n) is 6.06. The molecule has 1 aromatic carbocycles. The van der Waals surface area contributed by atoms with Gasteiger partial charge in [0.15, 0.2) is 11.5 Å². The van der Waals surface area contributed by atoms with Crippen LogP contribution in [0.4, 0.5) is 17.6 Å². The topological polar surface area (TPSA) is 108 Å². The number of carbonyl (C=O) groups excluding carboxylic acids is 1. The Hall–Kier alpha value is -2.50. The van der Waals surface area contributed by atoms with Gasteiger partial charge < -0.3 is 25.4 Å². The minimum Gasteiger partial charge on any atom is -0.395 e. The van der Waals surface area contributed by atoms with Gasteiger partial charge >= 0.3 is 6.18 Å². The number of aliphatic hydroxyl groups is 2. The second kappa shape index (κ2) is 10.8. The zero-order valence-corrected chi connectivity index (χ0v) is 19.0. The summed E-state index contributed by atoms with van der Waals surface area (Å²) in [7, 11) is 0. The Labute approximate surface area is 194 Å². The number of nitrogens with zero attached hydrogens (tertiary/aromatic N) is 1. The van der Waals surface area contributed by atoms with E-state index < -0.39 is 29.6 Å². The van der Waals surface area contributed by atoms with Gasteiger partial charge in [0.2, 0.25) is 0 Å². The highest BCUT2D eigenvalue weighted by atomic mass is 19.4. The van der Waals surface area contributed by atoms with Crippen LogP contribution in [0.3, 0.4) is 0 Å². The van der Waals surface area contributed by atoms with E-state index in [-0.39, 0.29) is 53.7 Å². The first-order valence-electron chi connectivity index (χ1n) is 11.2. The van der Waals surface area contributed by atoms with Crippen LogP contribution in [-0.2, 0) is 12.7 Å². The molecule has 4 N–H and O–H groups in total. The molecule has 0 aliphatic heterocycles. The lowest BCUT2D eigenvalue weighted by Gasteiger charge is -2.26. The lowest BCUT2D eigenvalue weighted by molar-refractivity contribution is -0.139. The number of nitrogens with one attached hydrogen (secondary N) is 2. The van der Waals surface area contributed by atoms with Crippen molar-refractivity contribution >= 4 is 5.91 Å². The molecule has 3 atom stereocenters. The molecule has 1 saturated carbocycles. The van der Waals surface area contributed by atoms with E-state index in [1.165, 1.54) is 0 Å². The van der Waals surface area contributed by atoms with Crippen molar-refractivity contribution < 1.29 is 37.1 Å². The minimum absolute atomic E-state index is 0.000919. The summed E-state index contributed by atoms with van der Waals surface area (Å²) in [6.45, 7) is 3.58. The van der Waals surface area contributed by atoms with E-state index in [9.17, 15) is 32.6 Å². The molecule has 188 valence electrons. The molecule has 3 rings (SSSR count). The smallest absolute Gasteiger partial charge is 0.395 e. The Balaban J connectivity index is 1.93. The fraction of sp³-hybridized carbons (Fsp3) is 0.565. The molecule has 11 heteroatoms. The molecule has 0 spiro atoms. The van der Waals surface area contributed by atoms with Crippen molar-refractivity contribution in [2.45, 2.75) is 70.4 Å². The van der Waals surface area contributed by atoms with E-state index in [1.54, 1.807) is 0 Å². The lowest BCUT2D eigenvalue weighted by atomic mass is 9.93. The lowest BCUT2D eigenvalue weighted by Crippen LogP contribution is -2.41. The summed E-state index contributed by atoms with van der Waals surface area (Å²) in [6.07, 6.45) is -2.87. The summed E-state index contributed by atoms with van der Waals surface area (Å²) in [5.74, 6) is -2.05. The maximum absolute atomic E-state index is 14.2. The molecular formula is C23H29F4N3O4. The zero-order valence-electron chi connectivity index (χ0n) is 19.0. The number of halogens is 4. The van der Waals surface area contributed by atoms with Gasteiger partial charge in [0.25, 0.3) is 5.91 Å². The Kier molecular flexibility index (Phi) is 8.32. The number of carbonyl (C=O) groups is 1. The minimum atomic E-state index is -4.85. The van der Waals surface area contributed by atoms with Crippen molar-refractivity contribution in [3.05, 3.63) is 40.8 Å². The summed E-state index contributed by atoms with van der Waals surface area (Å²) in [6, 6.07) is 1.76. The van der Waals surface area contributed by atoms with E-state index in [4.69, 9.17) is 4.52 Å². The Morgan fingerprint density at radius 3 is 2.62 bits per heavy atom. The van der Waals surface area contributed by atoms with E-state index in [2.05, 4.69) is 15.8 Å². The van der Waals surface area contributed by atoms with Gasteiger partial charge in [0.1, 0.15) is 5.82 Å². The van der Waals surface area contributed by atoms with E-state index >= 15 is 0 Å². The summed E-state index contributed by atoms with van der Waals surface area (Å²) >= 11 is 0. The summed E-state index contributed by atoms with van der Waals surface area (Å²) in [5, 5.41) is 29.2. The summed E-state index contributed by atoms with van der Waals surface area (Å²) in [4.78, 5) is 13.0. The third kappa shape index (κ3) is 6.13. The van der Waals surface area contributed by atoms with E-state index in [0.717, 1.165) is 12.5 Å². The molecule has 1 fully saturated rings. The molecule has 2 aromatic rings. The quantitative estimate of drug-likeness (QED) is 0.424. The predicted octanol–water partition coefficient (Wildman–Crippen LogP) is 3.64. The number of aromatic nitrogens is 1. The SMILES string of the molecule is CC(C)C(CO)NCc1c(C(=O)NC2CCCC(O)C2)noc1-c1ccc(C(F)(F)F)c(F)c1. The van der Waals surface area contributed by atoms with Crippen LogP contribution in [0.25, 0.3) is 11.3 Å². The standard InChI is InChI=1S/C23H29F4N3O4/c1-12(2)19(11-31)28-10-16-20(22(33)29-14-4-3-5-15(32)9-14)30-34-21(16)13-6-7-17(18(24)8-13)23(25,26)27/h6-8,12,14-15,19,28,31-32H,3-5,9-11H2,1-2H3,(H,29,33). The number of rotatable bonds is 8. The van der Waals surface area contributed by atoms with Crippen LogP contribution >= 0.6 is 0 Å². The maximum Gasteiger partial charge on any atom is 0.419 e. The second-order valence-electron chi connectivity index (χ2n) is 8.94. The molecule has 1 heterocycles. The van der Waals surface area contributed by atoms with Gasteiger partial charge in [0.05, 0.1) is 18.3 Å². The van der Waals surface area contributed by atoms with Gasteiger partial charge in [0, 0.05) is 29.8 Å². The summed E-state index contributed by atoms with van der Waals surface area (Å²) in [5.41, 5.74) is -1.29. The second-order valence-corrected chi connectivity index (χ2v) is 8.94. The third-order valence-corrected chi connectivity index (χ3v) is 6.06. The van der Waals surface area contributed by atoms with E-state index in [0.29, 0.717) is 31.4 Å². The van der Waals surface area contributed by atoms with Gasteiger partial charge in [-0.15, -0.1) is 0 Å². The van der Waals surface area contributed by atoms with Crippen LogP contribution in [0.1, 0.15) is 61.1 Å². The molecule has 0 saturated heterocycles. The van der Waals surface area contributed by atoms with Crippen LogP contribution in [-0.4, -0.2) is 46.1 Å². The molecule has 34 heavy (non-hydrogen) atoms. The van der Waals surface area contributed by atoms with Crippen molar-refractivity contribution in [2.75, 3.05) is 6.61 Å². The number of alkyl halides is 3. The Bertz CT molecular complexity index is 993. The van der Waals surface area contributed by atoms with Gasteiger partial charge in [-0.05, 0) is 43.7 Å². The highest BCUT2D eigenvalue weighted by Crippen LogP contribution is 2.35.